The molecule has 2 aliphatic rings. The standard InChI is InChI=1S/C33H51N5O7S/c1-23-18-38(24(2)21-39)33(41)28-17-27(35-46(42,43)31-20-36(4)22-34-31)14-15-29(28)45-25(3)11-9-10-16-44-30(23)19-37(5)32(40)26-12-7-6-8-13-26/h14-15,17,20,22-26,30,35,39H,6-13,16,18-19,21H2,1-5H3/t23-,24+,25-,30+/m1/s1. The van der Waals surface area contributed by atoms with Gasteiger partial charge in [0, 0.05) is 57.5 Å². The van der Waals surface area contributed by atoms with Gasteiger partial charge in [-0.15, -0.1) is 0 Å². The molecule has 4 rings (SSSR count). The highest BCUT2D eigenvalue weighted by atomic mass is 32.2. The van der Waals surface area contributed by atoms with Gasteiger partial charge in [-0.2, -0.15) is 8.42 Å². The quantitative estimate of drug-likeness (QED) is 0.432. The summed E-state index contributed by atoms with van der Waals surface area (Å²) < 4.78 is 42.8. The Balaban J connectivity index is 1.63. The van der Waals surface area contributed by atoms with Crippen molar-refractivity contribution in [1.29, 1.82) is 0 Å². The van der Waals surface area contributed by atoms with Crippen LogP contribution in [0.4, 0.5) is 5.69 Å². The Kier molecular flexibility index (Phi) is 12.5. The molecule has 1 aliphatic heterocycles. The summed E-state index contributed by atoms with van der Waals surface area (Å²) in [6.45, 7) is 6.59. The number of aliphatic hydroxyl groups excluding tert-OH is 1. The molecule has 4 atom stereocenters. The number of imidazole rings is 1. The number of fused-ring (bicyclic) bond motifs is 1. The van der Waals surface area contributed by atoms with Crippen LogP contribution in [0, 0.1) is 11.8 Å². The first-order chi connectivity index (χ1) is 21.9. The van der Waals surface area contributed by atoms with Crippen LogP contribution in [-0.4, -0.2) is 96.3 Å². The minimum Gasteiger partial charge on any atom is -0.490 e. The zero-order valence-electron chi connectivity index (χ0n) is 27.9. The van der Waals surface area contributed by atoms with Gasteiger partial charge in [0.15, 0.2) is 5.03 Å². The Morgan fingerprint density at radius 3 is 2.54 bits per heavy atom. The Labute approximate surface area is 273 Å². The van der Waals surface area contributed by atoms with Gasteiger partial charge in [0.05, 0.1) is 36.7 Å². The summed E-state index contributed by atoms with van der Waals surface area (Å²) in [5.74, 6) is -0.0632. The van der Waals surface area contributed by atoms with E-state index in [0.29, 0.717) is 18.9 Å². The molecule has 1 fully saturated rings. The van der Waals surface area contributed by atoms with E-state index in [1.165, 1.54) is 29.6 Å². The summed E-state index contributed by atoms with van der Waals surface area (Å²) in [4.78, 5) is 35.0. The van der Waals surface area contributed by atoms with E-state index >= 15 is 0 Å². The van der Waals surface area contributed by atoms with Crippen LogP contribution in [0.15, 0.2) is 35.7 Å². The first-order valence-corrected chi connectivity index (χ1v) is 18.0. The molecular formula is C33H51N5O7S. The SMILES string of the molecule is C[C@@H]1CCCCO[C@@H](CN(C)C(=O)C2CCCCC2)[C@H](C)CN([C@@H](C)CO)C(=O)c2cc(NS(=O)(=O)c3cn(C)cn3)ccc2O1. The number of likely N-dealkylation sites (N-methyl/N-ethyl adjacent to an activating group) is 1. The maximum Gasteiger partial charge on any atom is 0.280 e. The Hall–Kier alpha value is -3.16. The van der Waals surface area contributed by atoms with E-state index in [1.54, 1.807) is 35.9 Å². The fourth-order valence-electron chi connectivity index (χ4n) is 6.20. The number of rotatable bonds is 8. The van der Waals surface area contributed by atoms with Gasteiger partial charge in [-0.1, -0.05) is 26.2 Å². The molecule has 256 valence electrons. The summed E-state index contributed by atoms with van der Waals surface area (Å²) in [6, 6.07) is 4.09. The van der Waals surface area contributed by atoms with E-state index in [2.05, 4.69) is 9.71 Å². The average molecular weight is 662 g/mol. The van der Waals surface area contributed by atoms with Crippen LogP contribution >= 0.6 is 0 Å². The molecule has 12 nitrogen and oxygen atoms in total. The lowest BCUT2D eigenvalue weighted by atomic mass is 9.88. The summed E-state index contributed by atoms with van der Waals surface area (Å²) in [5, 5.41) is 10.1. The molecule has 13 heteroatoms. The number of amides is 2. The highest BCUT2D eigenvalue weighted by Crippen LogP contribution is 2.30. The van der Waals surface area contributed by atoms with E-state index in [4.69, 9.17) is 9.47 Å². The Bertz CT molecular complexity index is 1430. The molecule has 1 aliphatic carbocycles. The largest absolute Gasteiger partial charge is 0.490 e. The number of sulfonamides is 1. The number of nitrogens with one attached hydrogen (secondary N) is 1. The number of carbonyl (C=O) groups is 2. The van der Waals surface area contributed by atoms with Gasteiger partial charge in [0.2, 0.25) is 5.91 Å². The number of ether oxygens (including phenoxy) is 2. The van der Waals surface area contributed by atoms with E-state index in [-0.39, 0.29) is 59.4 Å². The highest BCUT2D eigenvalue weighted by molar-refractivity contribution is 7.92. The molecule has 46 heavy (non-hydrogen) atoms. The number of hydrogen-bond donors (Lipinski definition) is 2. The minimum absolute atomic E-state index is 0.0438. The first-order valence-electron chi connectivity index (χ1n) is 16.5. The second kappa shape index (κ2) is 16.1. The van der Waals surface area contributed by atoms with Crippen molar-refractivity contribution >= 4 is 27.5 Å². The van der Waals surface area contributed by atoms with Crippen molar-refractivity contribution < 1.29 is 32.6 Å². The summed E-state index contributed by atoms with van der Waals surface area (Å²) in [7, 11) is -0.500. The van der Waals surface area contributed by atoms with Crippen LogP contribution in [0.3, 0.4) is 0 Å². The van der Waals surface area contributed by atoms with Gasteiger partial charge in [-0.25, -0.2) is 4.98 Å². The number of hydrogen-bond acceptors (Lipinski definition) is 8. The summed E-state index contributed by atoms with van der Waals surface area (Å²) in [6.07, 6.45) is 9.78. The Morgan fingerprint density at radius 2 is 1.87 bits per heavy atom. The van der Waals surface area contributed by atoms with Crippen molar-refractivity contribution in [3.63, 3.8) is 0 Å². The lowest BCUT2D eigenvalue weighted by Gasteiger charge is -2.36. The fourth-order valence-corrected chi connectivity index (χ4v) is 7.24. The molecule has 2 amide bonds. The lowest BCUT2D eigenvalue weighted by Crippen LogP contribution is -2.48. The molecule has 2 aromatic rings. The van der Waals surface area contributed by atoms with E-state index in [9.17, 15) is 23.1 Å². The van der Waals surface area contributed by atoms with Crippen LogP contribution in [0.5, 0.6) is 5.75 Å². The molecule has 2 N–H and O–H groups in total. The molecule has 2 heterocycles. The van der Waals surface area contributed by atoms with Gasteiger partial charge in [0.25, 0.3) is 15.9 Å². The predicted molar refractivity (Wildman–Crippen MR) is 175 cm³/mol. The third kappa shape index (κ3) is 9.22. The highest BCUT2D eigenvalue weighted by Gasteiger charge is 2.32. The topological polar surface area (TPSA) is 143 Å². The van der Waals surface area contributed by atoms with Gasteiger partial charge in [-0.3, -0.25) is 14.3 Å². The molecule has 0 saturated heterocycles. The average Bonchev–Trinajstić information content (AvgIpc) is 3.49. The van der Waals surface area contributed by atoms with Crippen LogP contribution in [0.25, 0.3) is 0 Å². The summed E-state index contributed by atoms with van der Waals surface area (Å²) >= 11 is 0. The molecule has 0 radical (unpaired) electrons. The second-order valence-electron chi connectivity index (χ2n) is 13.0. The zero-order chi connectivity index (χ0) is 33.4. The third-order valence-electron chi connectivity index (χ3n) is 9.04. The molecule has 0 spiro atoms. The number of aromatic nitrogens is 2. The van der Waals surface area contributed by atoms with E-state index in [1.807, 2.05) is 20.9 Å². The fraction of sp³-hybridized carbons (Fsp3) is 0.667. The van der Waals surface area contributed by atoms with Crippen molar-refractivity contribution in [3.8, 4) is 5.75 Å². The van der Waals surface area contributed by atoms with Gasteiger partial charge >= 0.3 is 0 Å². The van der Waals surface area contributed by atoms with Crippen molar-refractivity contribution in [3.05, 3.63) is 36.3 Å². The molecule has 0 bridgehead atoms. The monoisotopic (exact) mass is 661 g/mol. The van der Waals surface area contributed by atoms with E-state index < -0.39 is 22.0 Å². The van der Waals surface area contributed by atoms with Crippen LogP contribution in [0.1, 0.15) is 82.5 Å². The number of nitrogens with zero attached hydrogens (tertiary/aromatic N) is 4. The zero-order valence-corrected chi connectivity index (χ0v) is 28.7. The number of anilines is 1. The third-order valence-corrected chi connectivity index (χ3v) is 10.3. The maximum absolute atomic E-state index is 14.3. The maximum atomic E-state index is 14.3. The molecular weight excluding hydrogens is 610 g/mol. The number of carbonyl (C=O) groups excluding carboxylic acids is 2. The van der Waals surface area contributed by atoms with Crippen LogP contribution < -0.4 is 9.46 Å². The Morgan fingerprint density at radius 1 is 1.15 bits per heavy atom. The number of aryl methyl sites for hydroxylation is 1. The van der Waals surface area contributed by atoms with Gasteiger partial charge in [0.1, 0.15) is 5.75 Å². The van der Waals surface area contributed by atoms with Crippen LogP contribution in [0.2, 0.25) is 0 Å². The van der Waals surface area contributed by atoms with Gasteiger partial charge < -0.3 is 28.9 Å². The first kappa shape index (κ1) is 35.7. The normalized spacial score (nSPS) is 23.1. The van der Waals surface area contributed by atoms with Gasteiger partial charge in [-0.05, 0) is 64.2 Å². The van der Waals surface area contributed by atoms with Crippen molar-refractivity contribution in [1.82, 2.24) is 19.4 Å². The van der Waals surface area contributed by atoms with E-state index in [0.717, 1.165) is 44.9 Å². The van der Waals surface area contributed by atoms with Crippen molar-refractivity contribution in [2.45, 2.75) is 95.4 Å². The molecule has 1 aromatic carbocycles. The minimum atomic E-state index is -4.01. The number of aliphatic hydroxyl groups is 1. The molecule has 1 aromatic heterocycles. The van der Waals surface area contributed by atoms with Crippen molar-refractivity contribution in [2.24, 2.45) is 18.9 Å². The summed E-state index contributed by atoms with van der Waals surface area (Å²) in [5.41, 5.74) is 0.364. The number of benzene rings is 1. The van der Waals surface area contributed by atoms with Crippen LogP contribution in [-0.2, 0) is 26.6 Å². The predicted octanol–water partition coefficient (Wildman–Crippen LogP) is 4.06. The van der Waals surface area contributed by atoms with Crippen molar-refractivity contribution in [2.75, 3.05) is 38.1 Å². The molecule has 1 saturated carbocycles. The second-order valence-corrected chi connectivity index (χ2v) is 14.7. The molecule has 0 unspecified atom stereocenters. The smallest absolute Gasteiger partial charge is 0.280 e. The lowest BCUT2D eigenvalue weighted by molar-refractivity contribution is -0.137.